The van der Waals surface area contributed by atoms with Crippen LogP contribution in [0.4, 0.5) is 0 Å². The average molecular weight is 315 g/mol. The molecule has 0 bridgehead atoms. The summed E-state index contributed by atoms with van der Waals surface area (Å²) in [5.41, 5.74) is 5.68. The van der Waals surface area contributed by atoms with Gasteiger partial charge < -0.3 is 15.2 Å². The normalized spacial score (nSPS) is 14.9. The summed E-state index contributed by atoms with van der Waals surface area (Å²) < 4.78 is 0. The maximum atomic E-state index is 9.78. The molecule has 4 aromatic rings. The van der Waals surface area contributed by atoms with Crippen LogP contribution < -0.4 is 0 Å². The molecule has 0 saturated carbocycles. The van der Waals surface area contributed by atoms with Crippen LogP contribution in [-0.2, 0) is 5.41 Å². The molecule has 1 aliphatic rings. The molecule has 1 aliphatic carbocycles. The number of benzene rings is 3. The molecule has 118 valence electrons. The quantitative estimate of drug-likeness (QED) is 0.426. The molecule has 0 spiro atoms. The number of hydrogen-bond acceptors (Lipinski definition) is 2. The summed E-state index contributed by atoms with van der Waals surface area (Å²) in [6.45, 7) is 4.46. The van der Waals surface area contributed by atoms with Crippen LogP contribution in [0.25, 0.3) is 32.9 Å². The minimum atomic E-state index is -0.139. The Morgan fingerprint density at radius 3 is 2.42 bits per heavy atom. The molecule has 0 unspecified atom stereocenters. The Morgan fingerprint density at radius 1 is 0.833 bits per heavy atom. The molecule has 0 radical (unpaired) electrons. The lowest BCUT2D eigenvalue weighted by atomic mass is 9.81. The smallest absolute Gasteiger partial charge is 0.117 e. The van der Waals surface area contributed by atoms with E-state index in [0.29, 0.717) is 0 Å². The van der Waals surface area contributed by atoms with E-state index < -0.39 is 0 Å². The molecule has 0 atom stereocenters. The van der Waals surface area contributed by atoms with Gasteiger partial charge in [0.2, 0.25) is 0 Å². The minimum absolute atomic E-state index is 0.139. The van der Waals surface area contributed by atoms with E-state index >= 15 is 0 Å². The van der Waals surface area contributed by atoms with Crippen LogP contribution in [0.1, 0.15) is 25.0 Å². The SMILES string of the molecule is CC1(C)c2cc3cc(O)ccc3cc2-c2[nH]c3cc(O)ccc3c21. The van der Waals surface area contributed by atoms with Gasteiger partial charge in [0, 0.05) is 27.9 Å². The zero-order valence-corrected chi connectivity index (χ0v) is 13.5. The highest BCUT2D eigenvalue weighted by Gasteiger charge is 2.38. The molecule has 0 saturated heterocycles. The van der Waals surface area contributed by atoms with Gasteiger partial charge in [-0.2, -0.15) is 0 Å². The van der Waals surface area contributed by atoms with Gasteiger partial charge in [0.25, 0.3) is 0 Å². The van der Waals surface area contributed by atoms with E-state index in [9.17, 15) is 10.2 Å². The zero-order valence-electron chi connectivity index (χ0n) is 13.5. The van der Waals surface area contributed by atoms with Crippen molar-refractivity contribution in [2.24, 2.45) is 0 Å². The maximum Gasteiger partial charge on any atom is 0.117 e. The number of phenols is 2. The Kier molecular flexibility index (Phi) is 2.32. The molecule has 24 heavy (non-hydrogen) atoms. The molecular formula is C21H17NO2. The van der Waals surface area contributed by atoms with Gasteiger partial charge in [-0.15, -0.1) is 0 Å². The van der Waals surface area contributed by atoms with Gasteiger partial charge in [-0.25, -0.2) is 0 Å². The first-order valence-corrected chi connectivity index (χ1v) is 8.08. The van der Waals surface area contributed by atoms with Gasteiger partial charge in [-0.3, -0.25) is 0 Å². The van der Waals surface area contributed by atoms with Crippen LogP contribution in [0.15, 0.2) is 48.5 Å². The molecule has 1 heterocycles. The van der Waals surface area contributed by atoms with E-state index in [1.54, 1.807) is 18.2 Å². The molecule has 5 rings (SSSR count). The Bertz CT molecular complexity index is 1150. The third-order valence-electron chi connectivity index (χ3n) is 5.31. The summed E-state index contributed by atoms with van der Waals surface area (Å²) in [5.74, 6) is 0.562. The van der Waals surface area contributed by atoms with Crippen LogP contribution in [0.5, 0.6) is 11.5 Å². The Morgan fingerprint density at radius 2 is 1.58 bits per heavy atom. The number of aromatic amines is 1. The van der Waals surface area contributed by atoms with E-state index in [2.05, 4.69) is 31.0 Å². The van der Waals surface area contributed by atoms with Gasteiger partial charge in [-0.1, -0.05) is 19.9 Å². The van der Waals surface area contributed by atoms with Crippen molar-refractivity contribution in [3.63, 3.8) is 0 Å². The monoisotopic (exact) mass is 315 g/mol. The van der Waals surface area contributed by atoms with Crippen molar-refractivity contribution in [1.29, 1.82) is 0 Å². The number of aromatic nitrogens is 1. The molecule has 3 aromatic carbocycles. The molecule has 1 aromatic heterocycles. The summed E-state index contributed by atoms with van der Waals surface area (Å²) in [5, 5.41) is 22.9. The zero-order chi connectivity index (χ0) is 16.6. The number of hydrogen-bond donors (Lipinski definition) is 3. The fourth-order valence-electron chi connectivity index (χ4n) is 4.18. The summed E-state index contributed by atoms with van der Waals surface area (Å²) in [6, 6.07) is 15.4. The van der Waals surface area contributed by atoms with Gasteiger partial charge in [0.15, 0.2) is 0 Å². The van der Waals surface area contributed by atoms with Crippen molar-refractivity contribution in [2.45, 2.75) is 19.3 Å². The second-order valence-electron chi connectivity index (χ2n) is 7.16. The van der Waals surface area contributed by atoms with E-state index in [-0.39, 0.29) is 16.9 Å². The second-order valence-corrected chi connectivity index (χ2v) is 7.16. The summed E-state index contributed by atoms with van der Waals surface area (Å²) in [7, 11) is 0. The first kappa shape index (κ1) is 13.5. The minimum Gasteiger partial charge on any atom is -0.508 e. The summed E-state index contributed by atoms with van der Waals surface area (Å²) in [4.78, 5) is 3.50. The van der Waals surface area contributed by atoms with Gasteiger partial charge in [0.05, 0.1) is 5.69 Å². The molecule has 3 N–H and O–H groups in total. The number of H-pyrrole nitrogens is 1. The lowest BCUT2D eigenvalue weighted by Gasteiger charge is -2.22. The van der Waals surface area contributed by atoms with Gasteiger partial charge in [0.1, 0.15) is 11.5 Å². The molecule has 0 fully saturated rings. The van der Waals surface area contributed by atoms with Crippen molar-refractivity contribution in [2.75, 3.05) is 0 Å². The molecule has 0 amide bonds. The van der Waals surface area contributed by atoms with Crippen molar-refractivity contribution in [3.8, 4) is 22.8 Å². The average Bonchev–Trinajstić information content (AvgIpc) is 3.00. The van der Waals surface area contributed by atoms with Crippen molar-refractivity contribution < 1.29 is 10.2 Å². The van der Waals surface area contributed by atoms with E-state index in [1.807, 2.05) is 18.2 Å². The summed E-state index contributed by atoms with van der Waals surface area (Å²) in [6.07, 6.45) is 0. The van der Waals surface area contributed by atoms with Gasteiger partial charge in [-0.05, 0) is 58.3 Å². The molecule has 3 nitrogen and oxygen atoms in total. The van der Waals surface area contributed by atoms with Crippen LogP contribution in [0, 0.1) is 0 Å². The Balaban J connectivity index is 1.90. The lowest BCUT2D eigenvalue weighted by Crippen LogP contribution is -2.14. The predicted octanol–water partition coefficient (Wildman–Crippen LogP) is 5.04. The number of nitrogens with one attached hydrogen (secondary N) is 1. The molecule has 3 heteroatoms. The maximum absolute atomic E-state index is 9.78. The molecular weight excluding hydrogens is 298 g/mol. The third-order valence-corrected chi connectivity index (χ3v) is 5.31. The number of fused-ring (bicyclic) bond motifs is 6. The highest BCUT2D eigenvalue weighted by molar-refractivity contribution is 6.00. The predicted molar refractivity (Wildman–Crippen MR) is 96.7 cm³/mol. The fraction of sp³-hybridized carbons (Fsp3) is 0.143. The standard InChI is InChI=1S/C21H17NO2/c1-21(2)17-9-12-7-13(23)4-3-11(12)8-16(17)20-19(21)15-6-5-14(24)10-18(15)22-20/h3-10,22-24H,1-2H3. The fourth-order valence-corrected chi connectivity index (χ4v) is 4.18. The third kappa shape index (κ3) is 1.56. The van der Waals surface area contributed by atoms with Gasteiger partial charge >= 0.3 is 0 Å². The number of rotatable bonds is 0. The first-order valence-electron chi connectivity index (χ1n) is 8.08. The molecule has 0 aliphatic heterocycles. The van der Waals surface area contributed by atoms with Crippen LogP contribution >= 0.6 is 0 Å². The van der Waals surface area contributed by atoms with Crippen LogP contribution in [-0.4, -0.2) is 15.2 Å². The Hall–Kier alpha value is -2.94. The number of aromatic hydroxyl groups is 2. The largest absolute Gasteiger partial charge is 0.508 e. The lowest BCUT2D eigenvalue weighted by molar-refractivity contribution is 0.475. The van der Waals surface area contributed by atoms with E-state index in [4.69, 9.17) is 0 Å². The van der Waals surface area contributed by atoms with Crippen LogP contribution in [0.2, 0.25) is 0 Å². The topological polar surface area (TPSA) is 56.2 Å². The van der Waals surface area contributed by atoms with E-state index in [1.165, 1.54) is 16.7 Å². The van der Waals surface area contributed by atoms with Crippen molar-refractivity contribution in [1.82, 2.24) is 4.98 Å². The number of phenolic OH excluding ortho intramolecular Hbond substituents is 2. The van der Waals surface area contributed by atoms with Crippen molar-refractivity contribution >= 4 is 21.7 Å². The van der Waals surface area contributed by atoms with Crippen LogP contribution in [0.3, 0.4) is 0 Å². The Labute approximate surface area is 139 Å². The summed E-state index contributed by atoms with van der Waals surface area (Å²) >= 11 is 0. The highest BCUT2D eigenvalue weighted by atomic mass is 16.3. The highest BCUT2D eigenvalue weighted by Crippen LogP contribution is 2.52. The van der Waals surface area contributed by atoms with E-state index in [0.717, 1.165) is 27.4 Å². The first-order chi connectivity index (χ1) is 11.4. The second kappa shape index (κ2) is 4.12. The van der Waals surface area contributed by atoms with Crippen molar-refractivity contribution in [3.05, 3.63) is 59.7 Å².